The maximum atomic E-state index is 4.15. The van der Waals surface area contributed by atoms with Crippen molar-refractivity contribution < 1.29 is 0 Å². The maximum absolute atomic E-state index is 4.15. The lowest BCUT2D eigenvalue weighted by molar-refractivity contribution is 1.25. The average Bonchev–Trinajstić information content (AvgIpc) is 2.23. The second-order valence-corrected chi connectivity index (χ2v) is 3.52. The van der Waals surface area contributed by atoms with Crippen LogP contribution in [-0.4, -0.2) is 9.97 Å². The third kappa shape index (κ3) is 2.29. The van der Waals surface area contributed by atoms with E-state index in [0.717, 1.165) is 16.1 Å². The lowest BCUT2D eigenvalue weighted by Gasteiger charge is -2.03. The molecule has 2 aromatic rings. The van der Waals surface area contributed by atoms with Crippen molar-refractivity contribution in [1.29, 1.82) is 0 Å². The van der Waals surface area contributed by atoms with Crippen molar-refractivity contribution in [2.24, 2.45) is 0 Å². The number of pyridine rings is 2. The van der Waals surface area contributed by atoms with Gasteiger partial charge in [-0.1, -0.05) is 6.07 Å². The van der Waals surface area contributed by atoms with Crippen LogP contribution in [0.1, 0.15) is 0 Å². The summed E-state index contributed by atoms with van der Waals surface area (Å²) in [6.07, 6.45) is 3.49. The molecule has 0 radical (unpaired) electrons. The van der Waals surface area contributed by atoms with Crippen molar-refractivity contribution in [3.05, 3.63) is 47.3 Å². The van der Waals surface area contributed by atoms with E-state index in [1.165, 1.54) is 0 Å². The fourth-order valence-electron chi connectivity index (χ4n) is 1.03. The molecule has 2 aromatic heterocycles. The minimum absolute atomic E-state index is 0.816. The first-order chi connectivity index (χ1) is 6.84. The molecular weight excluding hydrogens is 242 g/mol. The van der Waals surface area contributed by atoms with Crippen molar-refractivity contribution in [3.8, 4) is 0 Å². The van der Waals surface area contributed by atoms with Crippen LogP contribution < -0.4 is 5.32 Å². The molecule has 3 nitrogen and oxygen atoms in total. The molecule has 0 atom stereocenters. The van der Waals surface area contributed by atoms with Gasteiger partial charge in [-0.3, -0.25) is 0 Å². The first-order valence-electron chi connectivity index (χ1n) is 4.14. The van der Waals surface area contributed by atoms with Gasteiger partial charge in [0.2, 0.25) is 0 Å². The van der Waals surface area contributed by atoms with Crippen LogP contribution in [0.3, 0.4) is 0 Å². The molecule has 4 heteroatoms. The average molecular weight is 250 g/mol. The predicted molar refractivity (Wildman–Crippen MR) is 59.5 cm³/mol. The predicted octanol–water partition coefficient (Wildman–Crippen LogP) is 2.98. The van der Waals surface area contributed by atoms with Crippen molar-refractivity contribution in [2.45, 2.75) is 0 Å². The Kier molecular flexibility index (Phi) is 2.74. The molecule has 0 saturated carbocycles. The van der Waals surface area contributed by atoms with Crippen LogP contribution >= 0.6 is 15.9 Å². The topological polar surface area (TPSA) is 37.8 Å². The SMILES string of the molecule is Brc1ccc(Nc2ccccn2)cn1. The van der Waals surface area contributed by atoms with Gasteiger partial charge < -0.3 is 5.32 Å². The van der Waals surface area contributed by atoms with Crippen LogP contribution in [0.2, 0.25) is 0 Å². The van der Waals surface area contributed by atoms with E-state index in [1.807, 2.05) is 30.3 Å². The number of nitrogens with one attached hydrogen (secondary N) is 1. The highest BCUT2D eigenvalue weighted by atomic mass is 79.9. The summed E-state index contributed by atoms with van der Waals surface area (Å²) in [7, 11) is 0. The van der Waals surface area contributed by atoms with E-state index >= 15 is 0 Å². The minimum Gasteiger partial charge on any atom is -0.339 e. The highest BCUT2D eigenvalue weighted by Gasteiger charge is 1.94. The molecule has 0 aliphatic heterocycles. The summed E-state index contributed by atoms with van der Waals surface area (Å²) in [5.74, 6) is 0.816. The van der Waals surface area contributed by atoms with Gasteiger partial charge >= 0.3 is 0 Å². The van der Waals surface area contributed by atoms with Gasteiger partial charge in [0, 0.05) is 6.20 Å². The second kappa shape index (κ2) is 4.19. The van der Waals surface area contributed by atoms with Gasteiger partial charge in [0.25, 0.3) is 0 Å². The van der Waals surface area contributed by atoms with Crippen LogP contribution in [0.5, 0.6) is 0 Å². The van der Waals surface area contributed by atoms with E-state index in [9.17, 15) is 0 Å². The highest BCUT2D eigenvalue weighted by molar-refractivity contribution is 9.10. The Balaban J connectivity index is 2.16. The van der Waals surface area contributed by atoms with Crippen LogP contribution in [-0.2, 0) is 0 Å². The molecule has 0 bridgehead atoms. The van der Waals surface area contributed by atoms with Crippen molar-refractivity contribution >= 4 is 27.4 Å². The molecule has 0 fully saturated rings. The summed E-state index contributed by atoms with van der Waals surface area (Å²) in [4.78, 5) is 8.25. The summed E-state index contributed by atoms with van der Waals surface area (Å²) in [5, 5.41) is 3.14. The standard InChI is InChI=1S/C10H8BrN3/c11-9-5-4-8(7-13-9)14-10-3-1-2-6-12-10/h1-7H,(H,12,14). The fraction of sp³-hybridized carbons (Fsp3) is 0. The van der Waals surface area contributed by atoms with E-state index in [2.05, 4.69) is 31.2 Å². The molecule has 0 amide bonds. The number of rotatable bonds is 2. The van der Waals surface area contributed by atoms with E-state index in [-0.39, 0.29) is 0 Å². The summed E-state index contributed by atoms with van der Waals surface area (Å²) in [6.45, 7) is 0. The molecule has 0 spiro atoms. The Hall–Kier alpha value is -1.42. The molecule has 0 saturated heterocycles. The number of hydrogen-bond donors (Lipinski definition) is 1. The number of nitrogens with zero attached hydrogens (tertiary/aromatic N) is 2. The van der Waals surface area contributed by atoms with Gasteiger partial charge in [0.1, 0.15) is 10.4 Å². The summed E-state index contributed by atoms with van der Waals surface area (Å²) >= 11 is 3.28. The highest BCUT2D eigenvalue weighted by Crippen LogP contribution is 2.14. The number of halogens is 1. The van der Waals surface area contributed by atoms with Gasteiger partial charge in [0.05, 0.1) is 11.9 Å². The Morgan fingerprint density at radius 3 is 2.64 bits per heavy atom. The molecule has 1 N–H and O–H groups in total. The Morgan fingerprint density at radius 2 is 2.00 bits per heavy atom. The first kappa shape index (κ1) is 9.15. The Bertz CT molecular complexity index is 399. The monoisotopic (exact) mass is 249 g/mol. The Labute approximate surface area is 90.3 Å². The van der Waals surface area contributed by atoms with Crippen molar-refractivity contribution in [3.63, 3.8) is 0 Å². The zero-order valence-electron chi connectivity index (χ0n) is 7.31. The third-order valence-electron chi connectivity index (χ3n) is 1.66. The van der Waals surface area contributed by atoms with Gasteiger partial charge in [-0.2, -0.15) is 0 Å². The molecule has 70 valence electrons. The minimum atomic E-state index is 0.816. The zero-order chi connectivity index (χ0) is 9.80. The maximum Gasteiger partial charge on any atom is 0.130 e. The van der Waals surface area contributed by atoms with E-state index in [1.54, 1.807) is 12.4 Å². The smallest absolute Gasteiger partial charge is 0.130 e. The quantitative estimate of drug-likeness (QED) is 0.832. The van der Waals surface area contributed by atoms with Crippen LogP contribution in [0.25, 0.3) is 0 Å². The van der Waals surface area contributed by atoms with Crippen molar-refractivity contribution in [1.82, 2.24) is 9.97 Å². The van der Waals surface area contributed by atoms with Gasteiger partial charge in [0.15, 0.2) is 0 Å². The Morgan fingerprint density at radius 1 is 1.07 bits per heavy atom. The number of anilines is 2. The summed E-state index contributed by atoms with van der Waals surface area (Å²) in [5.41, 5.74) is 0.923. The van der Waals surface area contributed by atoms with E-state index in [4.69, 9.17) is 0 Å². The van der Waals surface area contributed by atoms with Crippen LogP contribution in [0.4, 0.5) is 11.5 Å². The van der Waals surface area contributed by atoms with Crippen molar-refractivity contribution in [2.75, 3.05) is 5.32 Å². The molecule has 0 aliphatic rings. The van der Waals surface area contributed by atoms with Crippen LogP contribution in [0, 0.1) is 0 Å². The molecule has 0 unspecified atom stereocenters. The summed E-state index contributed by atoms with van der Waals surface area (Å²) in [6, 6.07) is 9.53. The number of hydrogen-bond acceptors (Lipinski definition) is 3. The van der Waals surface area contributed by atoms with E-state index in [0.29, 0.717) is 0 Å². The zero-order valence-corrected chi connectivity index (χ0v) is 8.90. The third-order valence-corrected chi connectivity index (χ3v) is 2.13. The van der Waals surface area contributed by atoms with E-state index < -0.39 is 0 Å². The lowest BCUT2D eigenvalue weighted by atomic mass is 10.4. The van der Waals surface area contributed by atoms with Gasteiger partial charge in [-0.15, -0.1) is 0 Å². The lowest BCUT2D eigenvalue weighted by Crippen LogP contribution is -1.92. The molecule has 0 aliphatic carbocycles. The molecule has 2 heterocycles. The fourth-order valence-corrected chi connectivity index (χ4v) is 1.27. The molecule has 14 heavy (non-hydrogen) atoms. The first-order valence-corrected chi connectivity index (χ1v) is 4.93. The molecular formula is C10H8BrN3. The molecule has 2 rings (SSSR count). The second-order valence-electron chi connectivity index (χ2n) is 2.71. The van der Waals surface area contributed by atoms with Gasteiger partial charge in [-0.05, 0) is 40.2 Å². The van der Waals surface area contributed by atoms with Gasteiger partial charge in [-0.25, -0.2) is 9.97 Å². The normalized spacial score (nSPS) is 9.79. The summed E-state index contributed by atoms with van der Waals surface area (Å²) < 4.78 is 0.823. The number of aromatic nitrogens is 2. The van der Waals surface area contributed by atoms with Crippen LogP contribution in [0.15, 0.2) is 47.3 Å². The largest absolute Gasteiger partial charge is 0.339 e. The molecule has 0 aromatic carbocycles.